The molecule has 0 bridgehead atoms. The van der Waals surface area contributed by atoms with E-state index in [0.717, 1.165) is 6.42 Å². The van der Waals surface area contributed by atoms with Crippen molar-refractivity contribution in [2.45, 2.75) is 32.4 Å². The van der Waals surface area contributed by atoms with Crippen LogP contribution in [0.5, 0.6) is 0 Å². The van der Waals surface area contributed by atoms with Crippen molar-refractivity contribution in [3.63, 3.8) is 0 Å². The van der Waals surface area contributed by atoms with Gasteiger partial charge in [-0.15, -0.1) is 0 Å². The van der Waals surface area contributed by atoms with Gasteiger partial charge in [-0.05, 0) is 18.6 Å². The summed E-state index contributed by atoms with van der Waals surface area (Å²) >= 11 is 0. The van der Waals surface area contributed by atoms with Crippen LogP contribution in [-0.2, 0) is 6.54 Å². The van der Waals surface area contributed by atoms with E-state index in [4.69, 9.17) is 11.0 Å². The number of amides is 1. The summed E-state index contributed by atoms with van der Waals surface area (Å²) in [5.74, 6) is -0.191. The van der Waals surface area contributed by atoms with Crippen LogP contribution in [0.1, 0.15) is 35.8 Å². The van der Waals surface area contributed by atoms with Crippen LogP contribution in [0.2, 0.25) is 0 Å². The first-order chi connectivity index (χ1) is 8.21. The monoisotopic (exact) mass is 232 g/mol. The Balaban J connectivity index is 2.72. The molecule has 1 amide bonds. The molecule has 0 aliphatic rings. The minimum Gasteiger partial charge on any atom is -0.348 e. The van der Waals surface area contributed by atoms with Gasteiger partial charge in [-0.1, -0.05) is 6.92 Å². The summed E-state index contributed by atoms with van der Waals surface area (Å²) in [5.41, 5.74) is 6.65. The highest BCUT2D eigenvalue weighted by Crippen LogP contribution is 2.04. The summed E-state index contributed by atoms with van der Waals surface area (Å²) in [6, 6.07) is 5.24. The third kappa shape index (κ3) is 3.85. The zero-order valence-electron chi connectivity index (χ0n) is 9.81. The fourth-order valence-electron chi connectivity index (χ4n) is 1.41. The zero-order valence-corrected chi connectivity index (χ0v) is 9.81. The van der Waals surface area contributed by atoms with Gasteiger partial charge in [0.25, 0.3) is 5.91 Å². The van der Waals surface area contributed by atoms with E-state index in [9.17, 15) is 4.79 Å². The molecule has 17 heavy (non-hydrogen) atoms. The number of nitrogens with zero attached hydrogens (tertiary/aromatic N) is 2. The summed E-state index contributed by atoms with van der Waals surface area (Å²) in [6.45, 7) is 2.23. The fourth-order valence-corrected chi connectivity index (χ4v) is 1.41. The van der Waals surface area contributed by atoms with Crippen molar-refractivity contribution in [1.82, 2.24) is 10.3 Å². The zero-order chi connectivity index (χ0) is 12.7. The molecule has 0 radical (unpaired) electrons. The van der Waals surface area contributed by atoms with Gasteiger partial charge in [0.05, 0.1) is 18.2 Å². The maximum Gasteiger partial charge on any atom is 0.251 e. The molecule has 1 rings (SSSR count). The number of carbonyl (C=O) groups is 1. The molecule has 1 aromatic rings. The summed E-state index contributed by atoms with van der Waals surface area (Å²) in [5, 5.41) is 11.4. The van der Waals surface area contributed by atoms with Crippen LogP contribution in [0.25, 0.3) is 0 Å². The number of hydrogen-bond donors (Lipinski definition) is 2. The van der Waals surface area contributed by atoms with Gasteiger partial charge >= 0.3 is 0 Å². The Labute approximate surface area is 101 Å². The average molecular weight is 232 g/mol. The second kappa shape index (κ2) is 6.61. The van der Waals surface area contributed by atoms with Crippen LogP contribution in [0.3, 0.4) is 0 Å². The molecule has 1 aromatic heterocycles. The quantitative estimate of drug-likeness (QED) is 0.791. The Morgan fingerprint density at radius 3 is 3.06 bits per heavy atom. The Hall–Kier alpha value is -1.93. The Morgan fingerprint density at radius 2 is 2.47 bits per heavy atom. The summed E-state index contributed by atoms with van der Waals surface area (Å²) < 4.78 is 0. The molecule has 1 atom stereocenters. The fraction of sp³-hybridized carbons (Fsp3) is 0.417. The standard InChI is InChI=1S/C12H16N4O/c1-2-10(3-5-13)16-12(17)9-4-6-15-11(7-9)8-14/h4,6-7,10H,2-3,8,14H2,1H3,(H,16,17). The molecule has 3 N–H and O–H groups in total. The highest BCUT2D eigenvalue weighted by Gasteiger charge is 2.12. The topological polar surface area (TPSA) is 91.8 Å². The van der Waals surface area contributed by atoms with E-state index in [1.807, 2.05) is 6.92 Å². The molecule has 1 unspecified atom stereocenters. The molecule has 5 nitrogen and oxygen atoms in total. The molecular weight excluding hydrogens is 216 g/mol. The SMILES string of the molecule is CCC(CC#N)NC(=O)c1ccnc(CN)c1. The van der Waals surface area contributed by atoms with Crippen molar-refractivity contribution in [2.75, 3.05) is 0 Å². The van der Waals surface area contributed by atoms with Crippen molar-refractivity contribution in [3.05, 3.63) is 29.6 Å². The lowest BCUT2D eigenvalue weighted by molar-refractivity contribution is 0.0936. The number of rotatable bonds is 5. The van der Waals surface area contributed by atoms with E-state index >= 15 is 0 Å². The lowest BCUT2D eigenvalue weighted by Crippen LogP contribution is -2.34. The van der Waals surface area contributed by atoms with Crippen molar-refractivity contribution in [3.8, 4) is 6.07 Å². The molecule has 0 saturated carbocycles. The van der Waals surface area contributed by atoms with Gasteiger partial charge in [-0.3, -0.25) is 9.78 Å². The second-order valence-electron chi connectivity index (χ2n) is 3.68. The minimum absolute atomic E-state index is 0.109. The number of nitrogens with two attached hydrogens (primary N) is 1. The van der Waals surface area contributed by atoms with Crippen LogP contribution in [0.4, 0.5) is 0 Å². The molecule has 0 aliphatic heterocycles. The van der Waals surface area contributed by atoms with Crippen molar-refractivity contribution >= 4 is 5.91 Å². The molecule has 0 saturated heterocycles. The van der Waals surface area contributed by atoms with E-state index in [1.54, 1.807) is 18.3 Å². The van der Waals surface area contributed by atoms with Gasteiger partial charge in [0.1, 0.15) is 0 Å². The number of pyridine rings is 1. The van der Waals surface area contributed by atoms with E-state index in [2.05, 4.69) is 16.4 Å². The Bertz CT molecular complexity index is 425. The maximum absolute atomic E-state index is 11.9. The Kier molecular flexibility index (Phi) is 5.11. The summed E-state index contributed by atoms with van der Waals surface area (Å²) in [6.07, 6.45) is 2.60. The third-order valence-corrected chi connectivity index (χ3v) is 2.45. The van der Waals surface area contributed by atoms with Crippen molar-refractivity contribution in [2.24, 2.45) is 5.73 Å². The van der Waals surface area contributed by atoms with Crippen LogP contribution < -0.4 is 11.1 Å². The molecule has 0 spiro atoms. The highest BCUT2D eigenvalue weighted by atomic mass is 16.1. The van der Waals surface area contributed by atoms with Gasteiger partial charge in [0, 0.05) is 24.3 Å². The van der Waals surface area contributed by atoms with E-state index < -0.39 is 0 Å². The van der Waals surface area contributed by atoms with Crippen molar-refractivity contribution in [1.29, 1.82) is 5.26 Å². The van der Waals surface area contributed by atoms with E-state index in [1.165, 1.54) is 0 Å². The first kappa shape index (κ1) is 13.1. The van der Waals surface area contributed by atoms with Gasteiger partial charge in [0.2, 0.25) is 0 Å². The van der Waals surface area contributed by atoms with Crippen LogP contribution in [-0.4, -0.2) is 16.9 Å². The van der Waals surface area contributed by atoms with Crippen LogP contribution in [0.15, 0.2) is 18.3 Å². The largest absolute Gasteiger partial charge is 0.348 e. The van der Waals surface area contributed by atoms with Gasteiger partial charge in [0.15, 0.2) is 0 Å². The van der Waals surface area contributed by atoms with Crippen molar-refractivity contribution < 1.29 is 4.79 Å². The van der Waals surface area contributed by atoms with Crippen LogP contribution in [0, 0.1) is 11.3 Å². The molecule has 0 fully saturated rings. The first-order valence-corrected chi connectivity index (χ1v) is 5.54. The number of aromatic nitrogens is 1. The van der Waals surface area contributed by atoms with Crippen LogP contribution >= 0.6 is 0 Å². The number of carbonyl (C=O) groups excluding carboxylic acids is 1. The molecule has 1 heterocycles. The summed E-state index contributed by atoms with van der Waals surface area (Å²) in [7, 11) is 0. The number of nitrogens with one attached hydrogen (secondary N) is 1. The maximum atomic E-state index is 11.9. The number of hydrogen-bond acceptors (Lipinski definition) is 4. The van der Waals surface area contributed by atoms with Gasteiger partial charge in [-0.25, -0.2) is 0 Å². The smallest absolute Gasteiger partial charge is 0.251 e. The molecule has 5 heteroatoms. The molecule has 0 aliphatic carbocycles. The first-order valence-electron chi connectivity index (χ1n) is 5.54. The van der Waals surface area contributed by atoms with E-state index in [0.29, 0.717) is 24.2 Å². The van der Waals surface area contributed by atoms with Gasteiger partial charge < -0.3 is 11.1 Å². The predicted octanol–water partition coefficient (Wildman–Crippen LogP) is 0.962. The lowest BCUT2D eigenvalue weighted by Gasteiger charge is -2.13. The second-order valence-corrected chi connectivity index (χ2v) is 3.68. The predicted molar refractivity (Wildman–Crippen MR) is 63.9 cm³/mol. The summed E-state index contributed by atoms with van der Waals surface area (Å²) in [4.78, 5) is 15.9. The highest BCUT2D eigenvalue weighted by molar-refractivity contribution is 5.94. The van der Waals surface area contributed by atoms with Gasteiger partial charge in [-0.2, -0.15) is 5.26 Å². The normalized spacial score (nSPS) is 11.6. The third-order valence-electron chi connectivity index (χ3n) is 2.45. The molecule has 90 valence electrons. The molecule has 0 aromatic carbocycles. The number of nitriles is 1. The Morgan fingerprint density at radius 1 is 1.71 bits per heavy atom. The van der Waals surface area contributed by atoms with E-state index in [-0.39, 0.29) is 11.9 Å². The average Bonchev–Trinajstić information content (AvgIpc) is 2.38. The molecular formula is C12H16N4O. The minimum atomic E-state index is -0.191. The lowest BCUT2D eigenvalue weighted by atomic mass is 10.1.